The second-order valence-corrected chi connectivity index (χ2v) is 3.94. The van der Waals surface area contributed by atoms with Crippen LogP contribution in [0.15, 0.2) is 18.2 Å². The summed E-state index contributed by atoms with van der Waals surface area (Å²) in [6.45, 7) is 0.802. The number of benzene rings is 1. The van der Waals surface area contributed by atoms with Gasteiger partial charge in [0.2, 0.25) is 0 Å². The third kappa shape index (κ3) is 2.44. The predicted molar refractivity (Wildman–Crippen MR) is 64.8 cm³/mol. The zero-order valence-corrected chi connectivity index (χ0v) is 9.85. The molecule has 1 aliphatic rings. The van der Waals surface area contributed by atoms with Crippen LogP contribution in [0.4, 0.5) is 0 Å². The number of fused-ring (bicyclic) bond motifs is 1. The molecule has 15 heavy (non-hydrogen) atoms. The van der Waals surface area contributed by atoms with E-state index in [9.17, 15) is 0 Å². The first-order valence-electron chi connectivity index (χ1n) is 5.20. The van der Waals surface area contributed by atoms with Crippen molar-refractivity contribution in [1.29, 1.82) is 0 Å². The number of halogens is 1. The van der Waals surface area contributed by atoms with Crippen molar-refractivity contribution in [1.82, 2.24) is 0 Å². The van der Waals surface area contributed by atoms with Gasteiger partial charge in [0.25, 0.3) is 0 Å². The third-order valence-electron chi connectivity index (χ3n) is 3.09. The van der Waals surface area contributed by atoms with Gasteiger partial charge in [-0.1, -0.05) is 12.1 Å². The maximum atomic E-state index is 5.70. The van der Waals surface area contributed by atoms with Gasteiger partial charge in [0.15, 0.2) is 0 Å². The van der Waals surface area contributed by atoms with Crippen molar-refractivity contribution in [2.75, 3.05) is 13.7 Å². The monoisotopic (exact) mass is 227 g/mol. The number of rotatable bonds is 2. The molecular weight excluding hydrogens is 210 g/mol. The highest BCUT2D eigenvalue weighted by Crippen LogP contribution is 2.31. The minimum atomic E-state index is 0. The fourth-order valence-electron chi connectivity index (χ4n) is 2.24. The topological polar surface area (TPSA) is 35.2 Å². The molecule has 1 aliphatic carbocycles. The van der Waals surface area contributed by atoms with E-state index >= 15 is 0 Å². The Balaban J connectivity index is 0.00000112. The van der Waals surface area contributed by atoms with Gasteiger partial charge in [-0.15, -0.1) is 12.4 Å². The van der Waals surface area contributed by atoms with E-state index in [4.69, 9.17) is 10.5 Å². The van der Waals surface area contributed by atoms with E-state index in [0.717, 1.165) is 25.1 Å². The van der Waals surface area contributed by atoms with Crippen LogP contribution < -0.4 is 10.5 Å². The Morgan fingerprint density at radius 3 is 2.93 bits per heavy atom. The second-order valence-electron chi connectivity index (χ2n) is 3.94. The third-order valence-corrected chi connectivity index (χ3v) is 3.09. The zero-order valence-electron chi connectivity index (χ0n) is 9.03. The van der Waals surface area contributed by atoms with E-state index in [0.29, 0.717) is 5.92 Å². The number of ether oxygens (including phenoxy) is 1. The summed E-state index contributed by atoms with van der Waals surface area (Å²) in [5.41, 5.74) is 8.51. The van der Waals surface area contributed by atoms with E-state index in [1.807, 2.05) is 6.07 Å². The summed E-state index contributed by atoms with van der Waals surface area (Å²) in [5.74, 6) is 1.70. The smallest absolute Gasteiger partial charge is 0.122 e. The predicted octanol–water partition coefficient (Wildman–Crippen LogP) is 2.18. The summed E-state index contributed by atoms with van der Waals surface area (Å²) in [6.07, 6.45) is 3.42. The van der Waals surface area contributed by atoms with Crippen LogP contribution in [0, 0.1) is 5.92 Å². The lowest BCUT2D eigenvalue weighted by atomic mass is 9.83. The molecule has 0 radical (unpaired) electrons. The maximum absolute atomic E-state index is 5.70. The molecule has 0 aromatic heterocycles. The second kappa shape index (κ2) is 5.38. The molecule has 0 spiro atoms. The van der Waals surface area contributed by atoms with Crippen LogP contribution in [-0.4, -0.2) is 13.7 Å². The lowest BCUT2D eigenvalue weighted by Crippen LogP contribution is -2.22. The Hall–Kier alpha value is -0.730. The number of hydrogen-bond acceptors (Lipinski definition) is 2. The molecule has 1 aromatic rings. The van der Waals surface area contributed by atoms with Crippen molar-refractivity contribution in [2.24, 2.45) is 11.7 Å². The van der Waals surface area contributed by atoms with Gasteiger partial charge in [-0.2, -0.15) is 0 Å². The van der Waals surface area contributed by atoms with Gasteiger partial charge in [-0.3, -0.25) is 0 Å². The first kappa shape index (κ1) is 12.3. The summed E-state index contributed by atoms with van der Waals surface area (Å²) in [6, 6.07) is 6.30. The SMILES string of the molecule is COc1cccc2c1CCC(CN)C2.Cl. The Bertz CT molecular complexity index is 327. The number of hydrogen-bond donors (Lipinski definition) is 1. The largest absolute Gasteiger partial charge is 0.496 e. The fraction of sp³-hybridized carbons (Fsp3) is 0.500. The summed E-state index contributed by atoms with van der Waals surface area (Å²) in [4.78, 5) is 0. The molecule has 1 unspecified atom stereocenters. The van der Waals surface area contributed by atoms with Gasteiger partial charge in [0.05, 0.1) is 7.11 Å². The standard InChI is InChI=1S/C12H17NO.ClH/c1-14-12-4-2-3-10-7-9(8-13)5-6-11(10)12;/h2-4,9H,5-8,13H2,1H3;1H. The van der Waals surface area contributed by atoms with Crippen LogP contribution in [0.1, 0.15) is 17.5 Å². The van der Waals surface area contributed by atoms with Crippen molar-refractivity contribution in [3.05, 3.63) is 29.3 Å². The lowest BCUT2D eigenvalue weighted by molar-refractivity contribution is 0.396. The summed E-state index contributed by atoms with van der Waals surface area (Å²) in [5, 5.41) is 0. The van der Waals surface area contributed by atoms with Gasteiger partial charge in [-0.05, 0) is 48.9 Å². The summed E-state index contributed by atoms with van der Waals surface area (Å²) in [7, 11) is 1.74. The van der Waals surface area contributed by atoms with Gasteiger partial charge >= 0.3 is 0 Å². The minimum Gasteiger partial charge on any atom is -0.496 e. The van der Waals surface area contributed by atoms with Crippen molar-refractivity contribution in [3.8, 4) is 5.75 Å². The molecule has 0 bridgehead atoms. The van der Waals surface area contributed by atoms with Crippen LogP contribution >= 0.6 is 12.4 Å². The van der Waals surface area contributed by atoms with Gasteiger partial charge < -0.3 is 10.5 Å². The van der Waals surface area contributed by atoms with E-state index in [1.54, 1.807) is 7.11 Å². The van der Waals surface area contributed by atoms with E-state index in [1.165, 1.54) is 17.5 Å². The van der Waals surface area contributed by atoms with Crippen molar-refractivity contribution in [2.45, 2.75) is 19.3 Å². The van der Waals surface area contributed by atoms with Gasteiger partial charge in [0.1, 0.15) is 5.75 Å². The van der Waals surface area contributed by atoms with Crippen LogP contribution in [-0.2, 0) is 12.8 Å². The fourth-order valence-corrected chi connectivity index (χ4v) is 2.24. The van der Waals surface area contributed by atoms with Crippen molar-refractivity contribution >= 4 is 12.4 Å². The Morgan fingerprint density at radius 2 is 2.27 bits per heavy atom. The van der Waals surface area contributed by atoms with Crippen LogP contribution in [0.25, 0.3) is 0 Å². The van der Waals surface area contributed by atoms with Crippen LogP contribution in [0.2, 0.25) is 0 Å². The maximum Gasteiger partial charge on any atom is 0.122 e. The molecule has 0 fully saturated rings. The number of nitrogens with two attached hydrogens (primary N) is 1. The normalized spacial score (nSPS) is 18.9. The highest BCUT2D eigenvalue weighted by atomic mass is 35.5. The molecule has 1 aromatic carbocycles. The first-order chi connectivity index (χ1) is 6.85. The molecule has 2 rings (SSSR count). The summed E-state index contributed by atoms with van der Waals surface area (Å²) < 4.78 is 5.35. The average Bonchev–Trinajstić information content (AvgIpc) is 2.27. The highest BCUT2D eigenvalue weighted by Gasteiger charge is 2.19. The molecular formula is C12H18ClNO. The van der Waals surface area contributed by atoms with Crippen LogP contribution in [0.5, 0.6) is 5.75 Å². The summed E-state index contributed by atoms with van der Waals surface area (Å²) >= 11 is 0. The quantitative estimate of drug-likeness (QED) is 0.841. The van der Waals surface area contributed by atoms with Crippen molar-refractivity contribution in [3.63, 3.8) is 0 Å². The molecule has 2 nitrogen and oxygen atoms in total. The Morgan fingerprint density at radius 1 is 1.47 bits per heavy atom. The molecule has 0 heterocycles. The Kier molecular flexibility index (Phi) is 4.43. The van der Waals surface area contributed by atoms with Gasteiger partial charge in [0, 0.05) is 0 Å². The highest BCUT2D eigenvalue weighted by molar-refractivity contribution is 5.85. The lowest BCUT2D eigenvalue weighted by Gasteiger charge is -2.24. The number of methoxy groups -OCH3 is 1. The van der Waals surface area contributed by atoms with Crippen molar-refractivity contribution < 1.29 is 4.74 Å². The molecule has 0 aliphatic heterocycles. The van der Waals surface area contributed by atoms with Crippen LogP contribution in [0.3, 0.4) is 0 Å². The first-order valence-corrected chi connectivity index (χ1v) is 5.20. The molecule has 2 N–H and O–H groups in total. The molecule has 0 saturated carbocycles. The molecule has 0 saturated heterocycles. The molecule has 3 heteroatoms. The average molecular weight is 228 g/mol. The molecule has 1 atom stereocenters. The van der Waals surface area contributed by atoms with E-state index in [-0.39, 0.29) is 12.4 Å². The Labute approximate surface area is 97.2 Å². The minimum absolute atomic E-state index is 0. The molecule has 0 amide bonds. The van der Waals surface area contributed by atoms with E-state index < -0.39 is 0 Å². The van der Waals surface area contributed by atoms with Gasteiger partial charge in [-0.25, -0.2) is 0 Å². The molecule has 84 valence electrons. The van der Waals surface area contributed by atoms with E-state index in [2.05, 4.69) is 12.1 Å². The zero-order chi connectivity index (χ0) is 9.97.